The SMILES string of the molecule is CN(C)CCNC(=O)c1oc2cnccc2c1Nc1ccc2c(c1)CC/C2=N/O. The maximum Gasteiger partial charge on any atom is 0.289 e. The van der Waals surface area contributed by atoms with Crippen LogP contribution in [0.4, 0.5) is 11.4 Å². The number of anilines is 2. The Balaban J connectivity index is 1.65. The van der Waals surface area contributed by atoms with Gasteiger partial charge in [-0.1, -0.05) is 11.2 Å². The first-order valence-electron chi connectivity index (χ1n) is 9.47. The van der Waals surface area contributed by atoms with Crippen molar-refractivity contribution in [3.8, 4) is 0 Å². The molecule has 4 rings (SSSR count). The highest BCUT2D eigenvalue weighted by atomic mass is 16.4. The summed E-state index contributed by atoms with van der Waals surface area (Å²) in [5, 5.41) is 19.5. The summed E-state index contributed by atoms with van der Waals surface area (Å²) in [5.74, 6) is -0.0497. The Labute approximate surface area is 168 Å². The Hall–Kier alpha value is -3.39. The fourth-order valence-corrected chi connectivity index (χ4v) is 3.50. The van der Waals surface area contributed by atoms with Crippen LogP contribution in [-0.4, -0.2) is 53.9 Å². The zero-order valence-electron chi connectivity index (χ0n) is 16.4. The highest BCUT2D eigenvalue weighted by Crippen LogP contribution is 2.34. The number of nitrogens with zero attached hydrogens (tertiary/aromatic N) is 3. The van der Waals surface area contributed by atoms with Gasteiger partial charge in [-0.3, -0.25) is 9.78 Å². The smallest absolute Gasteiger partial charge is 0.289 e. The number of furan rings is 1. The zero-order chi connectivity index (χ0) is 20.4. The van der Waals surface area contributed by atoms with Gasteiger partial charge >= 0.3 is 0 Å². The summed E-state index contributed by atoms with van der Waals surface area (Å²) in [7, 11) is 3.90. The maximum atomic E-state index is 12.7. The number of carbonyl (C=O) groups excluding carboxylic acids is 1. The third-order valence-electron chi connectivity index (χ3n) is 4.98. The molecule has 8 nitrogen and oxygen atoms in total. The van der Waals surface area contributed by atoms with Gasteiger partial charge in [0.25, 0.3) is 5.91 Å². The number of benzene rings is 1. The van der Waals surface area contributed by atoms with Crippen LogP contribution in [0.5, 0.6) is 0 Å². The first-order chi connectivity index (χ1) is 14.1. The van der Waals surface area contributed by atoms with Crippen LogP contribution in [0.25, 0.3) is 11.0 Å². The minimum Gasteiger partial charge on any atom is -0.447 e. The van der Waals surface area contributed by atoms with Crippen LogP contribution >= 0.6 is 0 Å². The van der Waals surface area contributed by atoms with Crippen molar-refractivity contribution in [2.24, 2.45) is 5.16 Å². The molecule has 1 aromatic carbocycles. The first kappa shape index (κ1) is 18.9. The number of aryl methyl sites for hydroxylation is 1. The Morgan fingerprint density at radius 1 is 1.31 bits per heavy atom. The molecule has 1 aliphatic carbocycles. The number of hydrogen-bond acceptors (Lipinski definition) is 7. The van der Waals surface area contributed by atoms with E-state index in [1.807, 2.05) is 43.3 Å². The van der Waals surface area contributed by atoms with Gasteiger partial charge in [0.2, 0.25) is 5.76 Å². The normalized spacial score (nSPS) is 14.5. The van der Waals surface area contributed by atoms with E-state index in [1.54, 1.807) is 12.4 Å². The van der Waals surface area contributed by atoms with E-state index in [2.05, 4.69) is 20.8 Å². The molecule has 2 heterocycles. The van der Waals surface area contributed by atoms with Crippen molar-refractivity contribution in [1.29, 1.82) is 0 Å². The molecule has 0 atom stereocenters. The number of amides is 1. The highest BCUT2D eigenvalue weighted by molar-refractivity contribution is 6.07. The second kappa shape index (κ2) is 7.92. The van der Waals surface area contributed by atoms with Crippen LogP contribution in [0.3, 0.4) is 0 Å². The van der Waals surface area contributed by atoms with Crippen LogP contribution in [-0.2, 0) is 6.42 Å². The van der Waals surface area contributed by atoms with Gasteiger partial charge in [-0.05, 0) is 50.7 Å². The summed E-state index contributed by atoms with van der Waals surface area (Å²) < 4.78 is 5.81. The van der Waals surface area contributed by atoms with Crippen LogP contribution in [0.15, 0.2) is 46.2 Å². The third kappa shape index (κ3) is 3.79. The first-order valence-corrected chi connectivity index (χ1v) is 9.47. The minimum absolute atomic E-state index is 0.227. The van der Waals surface area contributed by atoms with Crippen molar-refractivity contribution in [2.45, 2.75) is 12.8 Å². The molecule has 0 saturated heterocycles. The molecule has 1 aliphatic rings. The second-order valence-corrected chi connectivity index (χ2v) is 7.28. The molecule has 0 saturated carbocycles. The van der Waals surface area contributed by atoms with Crippen molar-refractivity contribution in [3.05, 3.63) is 53.5 Å². The summed E-state index contributed by atoms with van der Waals surface area (Å²) in [6, 6.07) is 7.67. The number of aromatic nitrogens is 1. The fraction of sp³-hybridized carbons (Fsp3) is 0.286. The Morgan fingerprint density at radius 3 is 2.97 bits per heavy atom. The lowest BCUT2D eigenvalue weighted by molar-refractivity contribution is 0.0926. The number of pyridine rings is 1. The Morgan fingerprint density at radius 2 is 2.17 bits per heavy atom. The molecule has 150 valence electrons. The van der Waals surface area contributed by atoms with E-state index in [0.29, 0.717) is 23.5 Å². The van der Waals surface area contributed by atoms with Crippen molar-refractivity contribution < 1.29 is 14.4 Å². The molecule has 0 unspecified atom stereocenters. The molecule has 29 heavy (non-hydrogen) atoms. The lowest BCUT2D eigenvalue weighted by Crippen LogP contribution is -2.31. The molecule has 2 aromatic heterocycles. The third-order valence-corrected chi connectivity index (χ3v) is 4.98. The van der Waals surface area contributed by atoms with Gasteiger partial charge in [0.1, 0.15) is 0 Å². The number of rotatable bonds is 6. The topological polar surface area (TPSA) is 103 Å². The molecule has 0 fully saturated rings. The van der Waals surface area contributed by atoms with Crippen molar-refractivity contribution >= 4 is 34.0 Å². The van der Waals surface area contributed by atoms with Crippen LogP contribution in [0.2, 0.25) is 0 Å². The van der Waals surface area contributed by atoms with E-state index in [9.17, 15) is 4.79 Å². The quantitative estimate of drug-likeness (QED) is 0.439. The summed E-state index contributed by atoms with van der Waals surface area (Å²) in [6.07, 6.45) is 4.81. The van der Waals surface area contributed by atoms with Gasteiger partial charge in [0, 0.05) is 35.9 Å². The molecule has 8 heteroatoms. The zero-order valence-corrected chi connectivity index (χ0v) is 16.4. The molecular weight excluding hydrogens is 370 g/mol. The lowest BCUT2D eigenvalue weighted by atomic mass is 10.1. The van der Waals surface area contributed by atoms with Gasteiger partial charge in [0.15, 0.2) is 5.58 Å². The second-order valence-electron chi connectivity index (χ2n) is 7.28. The van der Waals surface area contributed by atoms with Gasteiger partial charge in [-0.2, -0.15) is 0 Å². The Kier molecular flexibility index (Phi) is 5.18. The number of carbonyl (C=O) groups is 1. The Bertz CT molecular complexity index is 1090. The number of hydrogen-bond donors (Lipinski definition) is 3. The van der Waals surface area contributed by atoms with Gasteiger partial charge < -0.3 is 25.2 Å². The monoisotopic (exact) mass is 393 g/mol. The predicted octanol–water partition coefficient (Wildman–Crippen LogP) is 2.99. The van der Waals surface area contributed by atoms with Gasteiger partial charge in [0.05, 0.1) is 17.6 Å². The van der Waals surface area contributed by atoms with Crippen molar-refractivity contribution in [2.75, 3.05) is 32.5 Å². The fourth-order valence-electron chi connectivity index (χ4n) is 3.50. The summed E-state index contributed by atoms with van der Waals surface area (Å²) >= 11 is 0. The molecule has 3 N–H and O–H groups in total. The van der Waals surface area contributed by atoms with Gasteiger partial charge in [-0.15, -0.1) is 0 Å². The summed E-state index contributed by atoms with van der Waals surface area (Å²) in [4.78, 5) is 18.8. The predicted molar refractivity (Wildman–Crippen MR) is 111 cm³/mol. The van der Waals surface area contributed by atoms with E-state index in [1.165, 1.54) is 0 Å². The highest BCUT2D eigenvalue weighted by Gasteiger charge is 2.22. The number of fused-ring (bicyclic) bond motifs is 2. The average molecular weight is 393 g/mol. The largest absolute Gasteiger partial charge is 0.447 e. The average Bonchev–Trinajstić information content (AvgIpc) is 3.29. The van der Waals surface area contributed by atoms with E-state index in [-0.39, 0.29) is 11.7 Å². The van der Waals surface area contributed by atoms with Crippen molar-refractivity contribution in [1.82, 2.24) is 15.2 Å². The number of oxime groups is 1. The number of nitrogens with one attached hydrogen (secondary N) is 2. The molecule has 0 radical (unpaired) electrons. The van der Waals surface area contributed by atoms with E-state index < -0.39 is 0 Å². The molecule has 0 aliphatic heterocycles. The maximum absolute atomic E-state index is 12.7. The van der Waals surface area contributed by atoms with Crippen molar-refractivity contribution in [3.63, 3.8) is 0 Å². The van der Waals surface area contributed by atoms with Crippen LogP contribution in [0.1, 0.15) is 28.1 Å². The molecule has 1 amide bonds. The standard InChI is InChI=1S/C21H23N5O3/c1-26(2)10-9-23-21(27)20-19(16-7-8-22-12-18(16)29-20)24-14-4-5-15-13(11-14)3-6-17(15)25-28/h4-5,7-8,11-12,24,28H,3,6,9-10H2,1-2H3,(H,23,27)/b25-17-. The van der Waals surface area contributed by atoms with Crippen LogP contribution < -0.4 is 10.6 Å². The van der Waals surface area contributed by atoms with Crippen LogP contribution in [0, 0.1) is 0 Å². The minimum atomic E-state index is -0.276. The van der Waals surface area contributed by atoms with E-state index in [0.717, 1.165) is 41.6 Å². The summed E-state index contributed by atoms with van der Waals surface area (Å²) in [6.45, 7) is 1.25. The lowest BCUT2D eigenvalue weighted by Gasteiger charge is -2.11. The molecule has 0 bridgehead atoms. The molecular formula is C21H23N5O3. The number of likely N-dealkylation sites (N-methyl/N-ethyl adjacent to an activating group) is 1. The van der Waals surface area contributed by atoms with E-state index >= 15 is 0 Å². The molecule has 0 spiro atoms. The summed E-state index contributed by atoms with van der Waals surface area (Å²) in [5.41, 5.74) is 4.76. The van der Waals surface area contributed by atoms with E-state index in [4.69, 9.17) is 9.62 Å². The van der Waals surface area contributed by atoms with Gasteiger partial charge in [-0.25, -0.2) is 0 Å². The molecule has 3 aromatic rings.